The summed E-state index contributed by atoms with van der Waals surface area (Å²) in [5.41, 5.74) is 6.59. The fourth-order valence-electron chi connectivity index (χ4n) is 2.31. The van der Waals surface area contributed by atoms with Gasteiger partial charge in [0.05, 0.1) is 7.11 Å². The monoisotopic (exact) mass is 321 g/mol. The Balaban J connectivity index is 2.75. The van der Waals surface area contributed by atoms with Gasteiger partial charge in [0.1, 0.15) is 5.75 Å². The number of hydrogen-bond acceptors (Lipinski definition) is 4. The normalized spacial score (nSPS) is 13.1. The SMILES string of the molecule is COc1ccc(C(N)=NOC(C)C(=O)N(C(C)C)C(C)C)cc1. The van der Waals surface area contributed by atoms with Gasteiger partial charge in [-0.05, 0) is 58.9 Å². The van der Waals surface area contributed by atoms with Crippen LogP contribution in [0.4, 0.5) is 0 Å². The average molecular weight is 321 g/mol. The van der Waals surface area contributed by atoms with E-state index in [2.05, 4.69) is 5.16 Å². The number of carbonyl (C=O) groups is 1. The van der Waals surface area contributed by atoms with Gasteiger partial charge in [0.25, 0.3) is 5.91 Å². The van der Waals surface area contributed by atoms with E-state index in [1.807, 2.05) is 27.7 Å². The van der Waals surface area contributed by atoms with Gasteiger partial charge in [-0.15, -0.1) is 0 Å². The van der Waals surface area contributed by atoms with Crippen LogP contribution >= 0.6 is 0 Å². The summed E-state index contributed by atoms with van der Waals surface area (Å²) in [5, 5.41) is 3.88. The molecule has 0 fully saturated rings. The van der Waals surface area contributed by atoms with Crippen LogP contribution in [0.2, 0.25) is 0 Å². The van der Waals surface area contributed by atoms with Gasteiger partial charge in [0, 0.05) is 17.6 Å². The molecule has 23 heavy (non-hydrogen) atoms. The summed E-state index contributed by atoms with van der Waals surface area (Å²) < 4.78 is 5.09. The summed E-state index contributed by atoms with van der Waals surface area (Å²) in [7, 11) is 1.60. The van der Waals surface area contributed by atoms with Gasteiger partial charge in [-0.2, -0.15) is 0 Å². The number of amides is 1. The van der Waals surface area contributed by atoms with Gasteiger partial charge < -0.3 is 20.2 Å². The molecule has 128 valence electrons. The molecule has 0 saturated carbocycles. The maximum atomic E-state index is 12.4. The van der Waals surface area contributed by atoms with E-state index in [0.29, 0.717) is 5.56 Å². The lowest BCUT2D eigenvalue weighted by Crippen LogP contribution is -2.46. The van der Waals surface area contributed by atoms with E-state index in [4.69, 9.17) is 15.3 Å². The molecule has 0 spiro atoms. The number of rotatable bonds is 7. The highest BCUT2D eigenvalue weighted by atomic mass is 16.6. The number of carbonyl (C=O) groups excluding carboxylic acids is 1. The molecule has 0 aromatic heterocycles. The third kappa shape index (κ3) is 5.16. The molecule has 0 saturated heterocycles. The highest BCUT2D eigenvalue weighted by Crippen LogP contribution is 2.12. The maximum absolute atomic E-state index is 12.4. The van der Waals surface area contributed by atoms with Crippen molar-refractivity contribution in [2.24, 2.45) is 10.9 Å². The molecule has 1 aromatic carbocycles. The summed E-state index contributed by atoms with van der Waals surface area (Å²) >= 11 is 0. The lowest BCUT2D eigenvalue weighted by molar-refractivity contribution is -0.146. The van der Waals surface area contributed by atoms with E-state index in [0.717, 1.165) is 5.75 Å². The van der Waals surface area contributed by atoms with Crippen LogP contribution in [0.1, 0.15) is 40.2 Å². The third-order valence-corrected chi connectivity index (χ3v) is 3.41. The van der Waals surface area contributed by atoms with Crippen molar-refractivity contribution in [2.45, 2.75) is 52.8 Å². The van der Waals surface area contributed by atoms with E-state index in [-0.39, 0.29) is 23.8 Å². The van der Waals surface area contributed by atoms with E-state index in [9.17, 15) is 4.79 Å². The zero-order valence-corrected chi connectivity index (χ0v) is 14.7. The molecule has 1 amide bonds. The molecule has 0 bridgehead atoms. The van der Waals surface area contributed by atoms with E-state index in [1.54, 1.807) is 43.2 Å². The van der Waals surface area contributed by atoms with E-state index < -0.39 is 6.10 Å². The molecule has 6 nitrogen and oxygen atoms in total. The van der Waals surface area contributed by atoms with Crippen LogP contribution in [-0.2, 0) is 9.63 Å². The number of hydrogen-bond donors (Lipinski definition) is 1. The third-order valence-electron chi connectivity index (χ3n) is 3.41. The number of methoxy groups -OCH3 is 1. The summed E-state index contributed by atoms with van der Waals surface area (Å²) in [6.07, 6.45) is -0.698. The van der Waals surface area contributed by atoms with Gasteiger partial charge >= 0.3 is 0 Å². The fraction of sp³-hybridized carbons (Fsp3) is 0.529. The number of nitrogens with two attached hydrogens (primary N) is 1. The first-order valence-corrected chi connectivity index (χ1v) is 7.73. The second-order valence-corrected chi connectivity index (χ2v) is 5.89. The van der Waals surface area contributed by atoms with Crippen LogP contribution in [-0.4, -0.2) is 41.9 Å². The van der Waals surface area contributed by atoms with Crippen molar-refractivity contribution in [1.82, 2.24) is 4.90 Å². The van der Waals surface area contributed by atoms with Gasteiger partial charge in [0.2, 0.25) is 6.10 Å². The Kier molecular flexibility index (Phi) is 6.88. The highest BCUT2D eigenvalue weighted by molar-refractivity contribution is 5.97. The number of benzene rings is 1. The summed E-state index contributed by atoms with van der Waals surface area (Å²) in [4.78, 5) is 19.5. The topological polar surface area (TPSA) is 77.1 Å². The molecule has 1 aromatic rings. The Morgan fingerprint density at radius 3 is 2.04 bits per heavy atom. The Morgan fingerprint density at radius 2 is 1.61 bits per heavy atom. The van der Waals surface area contributed by atoms with Crippen molar-refractivity contribution >= 4 is 11.7 Å². The minimum atomic E-state index is -0.698. The van der Waals surface area contributed by atoms with Gasteiger partial charge in [-0.3, -0.25) is 4.79 Å². The zero-order chi connectivity index (χ0) is 17.6. The Morgan fingerprint density at radius 1 is 1.09 bits per heavy atom. The van der Waals surface area contributed by atoms with E-state index in [1.165, 1.54) is 0 Å². The van der Waals surface area contributed by atoms with Gasteiger partial charge in [-0.1, -0.05) is 5.16 Å². The first-order valence-electron chi connectivity index (χ1n) is 7.73. The second-order valence-electron chi connectivity index (χ2n) is 5.89. The molecule has 0 aliphatic heterocycles. The largest absolute Gasteiger partial charge is 0.497 e. The van der Waals surface area contributed by atoms with Gasteiger partial charge in [-0.25, -0.2) is 0 Å². The van der Waals surface area contributed by atoms with Crippen molar-refractivity contribution in [3.63, 3.8) is 0 Å². The second kappa shape index (κ2) is 8.41. The van der Waals surface area contributed by atoms with Crippen LogP contribution in [0.25, 0.3) is 0 Å². The lowest BCUT2D eigenvalue weighted by atomic mass is 10.2. The predicted molar refractivity (Wildman–Crippen MR) is 91.4 cm³/mol. The number of nitrogens with zero attached hydrogens (tertiary/aromatic N) is 2. The quantitative estimate of drug-likeness (QED) is 0.475. The van der Waals surface area contributed by atoms with Crippen LogP contribution in [0.3, 0.4) is 0 Å². The Labute approximate surface area is 138 Å². The first kappa shape index (κ1) is 18.8. The maximum Gasteiger partial charge on any atom is 0.266 e. The molecule has 2 N–H and O–H groups in total. The van der Waals surface area contributed by atoms with Crippen LogP contribution < -0.4 is 10.5 Å². The molecular weight excluding hydrogens is 294 g/mol. The van der Waals surface area contributed by atoms with Gasteiger partial charge in [0.15, 0.2) is 5.84 Å². The molecule has 0 heterocycles. The van der Waals surface area contributed by atoms with Crippen molar-refractivity contribution in [1.29, 1.82) is 0 Å². The number of oxime groups is 1. The molecular formula is C17H27N3O3. The summed E-state index contributed by atoms with van der Waals surface area (Å²) in [5.74, 6) is 0.838. The smallest absolute Gasteiger partial charge is 0.266 e. The highest BCUT2D eigenvalue weighted by Gasteiger charge is 2.26. The summed E-state index contributed by atoms with van der Waals surface area (Å²) in [6, 6.07) is 7.31. The minimum Gasteiger partial charge on any atom is -0.497 e. The average Bonchev–Trinajstić information content (AvgIpc) is 2.51. The minimum absolute atomic E-state index is 0.0939. The van der Waals surface area contributed by atoms with Crippen LogP contribution in [0, 0.1) is 0 Å². The molecule has 1 atom stereocenters. The molecule has 0 aliphatic rings. The zero-order valence-electron chi connectivity index (χ0n) is 14.7. The standard InChI is InChI=1S/C17H27N3O3/c1-11(2)20(12(3)4)17(21)13(5)23-19-16(18)14-7-9-15(22-6)10-8-14/h7-13H,1-6H3,(H2,18,19). The Hall–Kier alpha value is -2.24. The van der Waals surface area contributed by atoms with Crippen molar-refractivity contribution in [3.05, 3.63) is 29.8 Å². The fourth-order valence-corrected chi connectivity index (χ4v) is 2.31. The molecule has 6 heteroatoms. The van der Waals surface area contributed by atoms with Crippen molar-refractivity contribution in [3.8, 4) is 5.75 Å². The molecule has 1 rings (SSSR count). The predicted octanol–water partition coefficient (Wildman–Crippen LogP) is 2.37. The number of amidine groups is 1. The van der Waals surface area contributed by atoms with Crippen molar-refractivity contribution < 1.29 is 14.4 Å². The molecule has 1 unspecified atom stereocenters. The Bertz CT molecular complexity index is 531. The summed E-state index contributed by atoms with van der Waals surface area (Å²) in [6.45, 7) is 9.56. The number of ether oxygens (including phenoxy) is 1. The lowest BCUT2D eigenvalue weighted by Gasteiger charge is -2.32. The van der Waals surface area contributed by atoms with E-state index >= 15 is 0 Å². The molecule has 0 radical (unpaired) electrons. The van der Waals surface area contributed by atoms with Crippen LogP contribution in [0.15, 0.2) is 29.4 Å². The first-order chi connectivity index (χ1) is 10.8. The van der Waals surface area contributed by atoms with Crippen LogP contribution in [0.5, 0.6) is 5.75 Å². The van der Waals surface area contributed by atoms with Crippen molar-refractivity contribution in [2.75, 3.05) is 7.11 Å². The molecule has 0 aliphatic carbocycles.